The van der Waals surface area contributed by atoms with Gasteiger partial charge in [0, 0.05) is 18.6 Å². The molecule has 4 N–H and O–H groups in total. The van der Waals surface area contributed by atoms with E-state index in [1.165, 1.54) is 0 Å². The number of carbonyl (C=O) groups excluding carboxylic acids is 3. The first-order valence-corrected chi connectivity index (χ1v) is 15.3. The predicted octanol–water partition coefficient (Wildman–Crippen LogP) is 3.91. The highest BCUT2D eigenvalue weighted by molar-refractivity contribution is 5.81. The highest BCUT2D eigenvalue weighted by Gasteiger charge is 2.29. The van der Waals surface area contributed by atoms with Gasteiger partial charge in [0.15, 0.2) is 0 Å². The summed E-state index contributed by atoms with van der Waals surface area (Å²) in [4.78, 5) is 40.3. The molecule has 0 spiro atoms. The highest BCUT2D eigenvalue weighted by Crippen LogP contribution is 2.13. The van der Waals surface area contributed by atoms with Gasteiger partial charge in [0.2, 0.25) is 11.8 Å². The average Bonchev–Trinajstić information content (AvgIpc) is 2.97. The molecule has 10 nitrogen and oxygen atoms in total. The molecule has 244 valence electrons. The second kappa shape index (κ2) is 18.2. The molecular weight excluding hydrogens is 560 g/mol. The molecule has 0 aromatic heterocycles. The molecule has 10 heteroatoms. The Bertz CT molecular complexity index is 1150. The zero-order valence-corrected chi connectivity index (χ0v) is 27.4. The van der Waals surface area contributed by atoms with Crippen LogP contribution in [0.15, 0.2) is 54.6 Å². The van der Waals surface area contributed by atoms with Crippen LogP contribution in [0.3, 0.4) is 0 Å². The average molecular weight is 613 g/mol. The number of ether oxygens (including phenoxy) is 2. The van der Waals surface area contributed by atoms with Gasteiger partial charge in [-0.3, -0.25) is 9.59 Å². The van der Waals surface area contributed by atoms with E-state index in [4.69, 9.17) is 9.47 Å². The van der Waals surface area contributed by atoms with E-state index in [1.807, 2.05) is 75.4 Å². The lowest BCUT2D eigenvalue weighted by atomic mass is 9.99. The Labute approximate surface area is 262 Å². The Hall–Kier alpha value is -3.63. The smallest absolute Gasteiger partial charge is 0.317 e. The van der Waals surface area contributed by atoms with Crippen molar-refractivity contribution in [2.24, 2.45) is 11.8 Å². The van der Waals surface area contributed by atoms with E-state index in [-0.39, 0.29) is 44.1 Å². The lowest BCUT2D eigenvalue weighted by Gasteiger charge is -2.33. The molecule has 0 aliphatic carbocycles. The fourth-order valence-electron chi connectivity index (χ4n) is 4.31. The number of benzene rings is 2. The zero-order chi connectivity index (χ0) is 32.7. The Morgan fingerprint density at radius 1 is 0.955 bits per heavy atom. The maximum atomic E-state index is 13.2. The molecule has 3 atom stereocenters. The summed E-state index contributed by atoms with van der Waals surface area (Å²) >= 11 is 0. The fourth-order valence-corrected chi connectivity index (χ4v) is 4.31. The van der Waals surface area contributed by atoms with Crippen LogP contribution in [0.1, 0.15) is 59.1 Å². The summed E-state index contributed by atoms with van der Waals surface area (Å²) in [5.41, 5.74) is 1.42. The molecule has 4 amide bonds. The molecule has 2 rings (SSSR count). The number of aliphatic hydroxyl groups excluding tert-OH is 1. The van der Waals surface area contributed by atoms with Gasteiger partial charge in [-0.15, -0.1) is 0 Å². The molecule has 0 saturated carbocycles. The van der Waals surface area contributed by atoms with E-state index in [9.17, 15) is 19.5 Å². The number of nitrogens with one attached hydrogen (secondary N) is 3. The van der Waals surface area contributed by atoms with Crippen LogP contribution in [-0.2, 0) is 27.4 Å². The molecule has 0 fully saturated rings. The summed E-state index contributed by atoms with van der Waals surface area (Å²) in [6, 6.07) is 16.1. The molecular formula is C34H52N4O6. The SMILES string of the molecule is COc1ccc(COCC(=O)NCC(C)C(=O)N[C@@H](Cc2ccccc2)C(O)CN(CCC(C)C)C(=O)NC(C)(C)C)cc1. The van der Waals surface area contributed by atoms with E-state index in [1.54, 1.807) is 18.9 Å². The number of urea groups is 1. The standard InChI is InChI=1S/C34H52N4O6/c1-24(2)17-18-38(33(42)37-34(4,5)6)21-30(39)29(19-26-11-9-8-10-12-26)36-32(41)25(3)20-35-31(40)23-44-22-27-13-15-28(43-7)16-14-27/h8-16,24-25,29-30,39H,17-23H2,1-7H3,(H,35,40)(H,36,41)(H,37,42)/t25?,29-,30?/m0/s1. The van der Waals surface area contributed by atoms with Gasteiger partial charge >= 0.3 is 6.03 Å². The number of hydrogen-bond acceptors (Lipinski definition) is 6. The summed E-state index contributed by atoms with van der Waals surface area (Å²) in [6.45, 7) is 12.4. The first-order valence-electron chi connectivity index (χ1n) is 15.3. The van der Waals surface area contributed by atoms with Crippen molar-refractivity contribution >= 4 is 17.8 Å². The van der Waals surface area contributed by atoms with Crippen LogP contribution in [-0.4, -0.2) is 78.9 Å². The van der Waals surface area contributed by atoms with Gasteiger partial charge in [-0.25, -0.2) is 4.79 Å². The van der Waals surface area contributed by atoms with Crippen LogP contribution in [0.4, 0.5) is 4.79 Å². The number of methoxy groups -OCH3 is 1. The van der Waals surface area contributed by atoms with E-state index in [2.05, 4.69) is 29.8 Å². The van der Waals surface area contributed by atoms with Crippen LogP contribution >= 0.6 is 0 Å². The first kappa shape index (κ1) is 36.6. The third kappa shape index (κ3) is 14.2. The number of amides is 4. The van der Waals surface area contributed by atoms with Crippen LogP contribution in [0, 0.1) is 11.8 Å². The van der Waals surface area contributed by atoms with Crippen molar-refractivity contribution in [1.29, 1.82) is 0 Å². The maximum absolute atomic E-state index is 13.2. The Balaban J connectivity index is 1.99. The molecule has 2 aromatic rings. The van der Waals surface area contributed by atoms with Crippen LogP contribution in [0.2, 0.25) is 0 Å². The van der Waals surface area contributed by atoms with Crippen molar-refractivity contribution in [3.05, 3.63) is 65.7 Å². The molecule has 0 aliphatic heterocycles. The number of hydrogen-bond donors (Lipinski definition) is 4. The summed E-state index contributed by atoms with van der Waals surface area (Å²) < 4.78 is 10.6. The molecule has 44 heavy (non-hydrogen) atoms. The third-order valence-electron chi connectivity index (χ3n) is 6.96. The molecule has 0 radical (unpaired) electrons. The maximum Gasteiger partial charge on any atom is 0.317 e. The number of nitrogens with zero attached hydrogens (tertiary/aromatic N) is 1. The molecule has 0 bridgehead atoms. The van der Waals surface area contributed by atoms with Crippen molar-refractivity contribution in [2.45, 2.75) is 78.7 Å². The summed E-state index contributed by atoms with van der Waals surface area (Å²) in [5.74, 6) is -0.0817. The Morgan fingerprint density at radius 2 is 1.61 bits per heavy atom. The van der Waals surface area contributed by atoms with Gasteiger partial charge in [0.1, 0.15) is 12.4 Å². The monoisotopic (exact) mass is 612 g/mol. The molecule has 0 aliphatic rings. The quantitative estimate of drug-likeness (QED) is 0.215. The third-order valence-corrected chi connectivity index (χ3v) is 6.96. The minimum atomic E-state index is -1.02. The largest absolute Gasteiger partial charge is 0.497 e. The van der Waals surface area contributed by atoms with Gasteiger partial charge in [0.25, 0.3) is 0 Å². The van der Waals surface area contributed by atoms with E-state index in [0.717, 1.165) is 23.3 Å². The zero-order valence-electron chi connectivity index (χ0n) is 27.4. The minimum Gasteiger partial charge on any atom is -0.497 e. The van der Waals surface area contributed by atoms with Crippen LogP contribution in [0.25, 0.3) is 0 Å². The molecule has 0 saturated heterocycles. The highest BCUT2D eigenvalue weighted by atomic mass is 16.5. The van der Waals surface area contributed by atoms with Gasteiger partial charge in [-0.2, -0.15) is 0 Å². The van der Waals surface area contributed by atoms with E-state index in [0.29, 0.717) is 18.9 Å². The number of aliphatic hydroxyl groups is 1. The van der Waals surface area contributed by atoms with Gasteiger partial charge in [-0.1, -0.05) is 63.2 Å². The fraction of sp³-hybridized carbons (Fsp3) is 0.559. The van der Waals surface area contributed by atoms with Gasteiger partial charge in [-0.05, 0) is 62.8 Å². The van der Waals surface area contributed by atoms with E-state index >= 15 is 0 Å². The van der Waals surface area contributed by atoms with Crippen molar-refractivity contribution in [3.63, 3.8) is 0 Å². The molecule has 2 aromatic carbocycles. The lowest BCUT2D eigenvalue weighted by molar-refractivity contribution is -0.128. The lowest BCUT2D eigenvalue weighted by Crippen LogP contribution is -2.55. The van der Waals surface area contributed by atoms with Crippen LogP contribution in [0.5, 0.6) is 5.75 Å². The van der Waals surface area contributed by atoms with Crippen molar-refractivity contribution in [3.8, 4) is 5.75 Å². The summed E-state index contributed by atoms with van der Waals surface area (Å²) in [7, 11) is 1.60. The normalized spacial score (nSPS) is 13.5. The predicted molar refractivity (Wildman–Crippen MR) is 172 cm³/mol. The van der Waals surface area contributed by atoms with Gasteiger partial charge < -0.3 is 35.4 Å². The number of rotatable bonds is 17. The first-order chi connectivity index (χ1) is 20.8. The Morgan fingerprint density at radius 3 is 2.20 bits per heavy atom. The second-order valence-corrected chi connectivity index (χ2v) is 12.7. The topological polar surface area (TPSA) is 129 Å². The molecule has 2 unspecified atom stereocenters. The van der Waals surface area contributed by atoms with Crippen LogP contribution < -0.4 is 20.7 Å². The van der Waals surface area contributed by atoms with Gasteiger partial charge in [0.05, 0.1) is 38.3 Å². The molecule has 0 heterocycles. The minimum absolute atomic E-state index is 0.0586. The summed E-state index contributed by atoms with van der Waals surface area (Å²) in [6.07, 6.45) is 0.135. The summed E-state index contributed by atoms with van der Waals surface area (Å²) in [5, 5.41) is 20.1. The van der Waals surface area contributed by atoms with Crippen molar-refractivity contribution < 1.29 is 29.0 Å². The van der Waals surface area contributed by atoms with Crippen molar-refractivity contribution in [2.75, 3.05) is 33.4 Å². The van der Waals surface area contributed by atoms with E-state index < -0.39 is 23.6 Å². The Kier molecular flexibility index (Phi) is 15.2. The second-order valence-electron chi connectivity index (χ2n) is 12.7. The number of carbonyl (C=O) groups is 3. The van der Waals surface area contributed by atoms with Crippen molar-refractivity contribution in [1.82, 2.24) is 20.9 Å².